The van der Waals surface area contributed by atoms with Crippen LogP contribution in [0.4, 0.5) is 0 Å². The molecule has 1 unspecified atom stereocenters. The van der Waals surface area contributed by atoms with Gasteiger partial charge in [-0.3, -0.25) is 0 Å². The Hall–Kier alpha value is 0.467. The van der Waals surface area contributed by atoms with Crippen molar-refractivity contribution < 1.29 is 4.43 Å². The molecule has 0 N–H and O–H groups in total. The first-order valence-corrected chi connectivity index (χ1v) is 6.15. The molecule has 1 aliphatic heterocycles. The Morgan fingerprint density at radius 3 is 2.70 bits per heavy atom. The van der Waals surface area contributed by atoms with Gasteiger partial charge in [-0.05, 0) is 18.5 Å². The van der Waals surface area contributed by atoms with E-state index in [1.165, 1.54) is 31.4 Å². The van der Waals surface area contributed by atoms with Gasteiger partial charge in [-0.2, -0.15) is 0 Å². The zero-order valence-corrected chi connectivity index (χ0v) is 8.61. The van der Waals surface area contributed by atoms with E-state index in [0.29, 0.717) is 0 Å². The van der Waals surface area contributed by atoms with Crippen molar-refractivity contribution >= 4 is 21.4 Å². The van der Waals surface area contributed by atoms with Crippen molar-refractivity contribution in [3.63, 3.8) is 0 Å². The molecular weight excluding hydrogens is 164 g/mol. The Labute approximate surface area is 71.3 Å². The number of halogens is 1. The zero-order valence-electron chi connectivity index (χ0n) is 6.64. The van der Waals surface area contributed by atoms with Gasteiger partial charge in [0.2, 0.25) is 0 Å². The molecular formula is C7H17ClOSi. The summed E-state index contributed by atoms with van der Waals surface area (Å²) in [5.74, 6) is 0. The molecule has 1 rings (SSSR count). The molecule has 0 bridgehead atoms. The number of hydrogen-bond acceptors (Lipinski definition) is 1. The first-order valence-electron chi connectivity index (χ1n) is 4.05. The van der Waals surface area contributed by atoms with E-state index < -0.39 is 9.04 Å². The molecule has 0 aromatic rings. The summed E-state index contributed by atoms with van der Waals surface area (Å²) in [6.07, 6.45) is 4.08. The average Bonchev–Trinajstić information content (AvgIpc) is 1.91. The fraction of sp³-hybridized carbons (Fsp3) is 1.00. The van der Waals surface area contributed by atoms with Crippen LogP contribution < -0.4 is 0 Å². The third kappa shape index (κ3) is 3.59. The second-order valence-corrected chi connectivity index (χ2v) is 5.51. The molecule has 0 aromatic heterocycles. The second-order valence-electron chi connectivity index (χ2n) is 2.78. The van der Waals surface area contributed by atoms with E-state index in [1.807, 2.05) is 0 Å². The van der Waals surface area contributed by atoms with Gasteiger partial charge in [0.1, 0.15) is 0 Å². The molecule has 62 valence electrons. The molecule has 10 heavy (non-hydrogen) atoms. The Bertz CT molecular complexity index is 71.3. The Balaban J connectivity index is 0.000000810. The number of hydrogen-bond donors (Lipinski definition) is 0. The van der Waals surface area contributed by atoms with E-state index in [1.54, 1.807) is 0 Å². The molecule has 0 aromatic carbocycles. The lowest BCUT2D eigenvalue weighted by Crippen LogP contribution is -2.22. The highest BCUT2D eigenvalue weighted by Gasteiger charge is 2.13. The van der Waals surface area contributed by atoms with Crippen LogP contribution in [-0.4, -0.2) is 15.6 Å². The molecule has 1 atom stereocenters. The summed E-state index contributed by atoms with van der Waals surface area (Å²) in [5, 5.41) is 0. The van der Waals surface area contributed by atoms with Gasteiger partial charge >= 0.3 is 0 Å². The van der Waals surface area contributed by atoms with Gasteiger partial charge in [0, 0.05) is 6.61 Å². The van der Waals surface area contributed by atoms with Crippen molar-refractivity contribution in [2.45, 2.75) is 38.3 Å². The molecule has 1 aliphatic rings. The highest BCUT2D eigenvalue weighted by Crippen LogP contribution is 2.14. The molecule has 0 spiro atoms. The van der Waals surface area contributed by atoms with Gasteiger partial charge in [-0.25, -0.2) is 0 Å². The van der Waals surface area contributed by atoms with Gasteiger partial charge < -0.3 is 4.43 Å². The van der Waals surface area contributed by atoms with Crippen molar-refractivity contribution in [3.8, 4) is 0 Å². The normalized spacial score (nSPS) is 25.5. The van der Waals surface area contributed by atoms with Crippen molar-refractivity contribution in [2.24, 2.45) is 0 Å². The third-order valence-corrected chi connectivity index (χ3v) is 4.87. The van der Waals surface area contributed by atoms with Crippen LogP contribution in [-0.2, 0) is 4.43 Å². The summed E-state index contributed by atoms with van der Waals surface area (Å²) in [7, 11) is -0.626. The summed E-state index contributed by atoms with van der Waals surface area (Å²) in [5.41, 5.74) is 0. The van der Waals surface area contributed by atoms with Gasteiger partial charge in [0.05, 0.1) is 0 Å². The van der Waals surface area contributed by atoms with Crippen LogP contribution in [0, 0.1) is 0 Å². The maximum atomic E-state index is 5.66. The van der Waals surface area contributed by atoms with Crippen LogP contribution in [0.5, 0.6) is 0 Å². The molecule has 0 radical (unpaired) electrons. The van der Waals surface area contributed by atoms with E-state index in [-0.39, 0.29) is 12.4 Å². The largest absolute Gasteiger partial charge is 0.420 e. The second kappa shape index (κ2) is 6.19. The fourth-order valence-electron chi connectivity index (χ4n) is 1.36. The highest BCUT2D eigenvalue weighted by molar-refractivity contribution is 6.51. The lowest BCUT2D eigenvalue weighted by atomic mass is 10.4. The minimum Gasteiger partial charge on any atom is -0.420 e. The lowest BCUT2D eigenvalue weighted by Gasteiger charge is -2.19. The quantitative estimate of drug-likeness (QED) is 0.593. The van der Waals surface area contributed by atoms with Crippen LogP contribution in [0.25, 0.3) is 0 Å². The molecule has 3 heteroatoms. The van der Waals surface area contributed by atoms with Gasteiger partial charge in [-0.1, -0.05) is 19.8 Å². The molecule has 1 nitrogen and oxygen atoms in total. The lowest BCUT2D eigenvalue weighted by molar-refractivity contribution is 0.286. The predicted octanol–water partition coefficient (Wildman–Crippen LogP) is 2.35. The van der Waals surface area contributed by atoms with Crippen LogP contribution in [0.1, 0.15) is 26.2 Å². The standard InChI is InChI=1S/C7H16OSi.ClH/c1-2-6-9-7-4-3-5-8-9;/h9H,2-7H2,1H3;1H. The maximum absolute atomic E-state index is 5.66. The van der Waals surface area contributed by atoms with Crippen LogP contribution >= 0.6 is 12.4 Å². The average molecular weight is 181 g/mol. The summed E-state index contributed by atoms with van der Waals surface area (Å²) in [6, 6.07) is 2.84. The smallest absolute Gasteiger partial charge is 0.176 e. The summed E-state index contributed by atoms with van der Waals surface area (Å²) in [6.45, 7) is 3.32. The van der Waals surface area contributed by atoms with Crippen molar-refractivity contribution in [1.29, 1.82) is 0 Å². The molecule has 1 saturated heterocycles. The van der Waals surface area contributed by atoms with Crippen LogP contribution in [0.2, 0.25) is 12.1 Å². The molecule has 0 amide bonds. The highest BCUT2D eigenvalue weighted by atomic mass is 35.5. The van der Waals surface area contributed by atoms with E-state index in [0.717, 1.165) is 6.61 Å². The molecule has 1 fully saturated rings. The van der Waals surface area contributed by atoms with E-state index >= 15 is 0 Å². The third-order valence-electron chi connectivity index (χ3n) is 1.88. The summed E-state index contributed by atoms with van der Waals surface area (Å²) < 4.78 is 5.66. The Kier molecular flexibility index (Phi) is 6.48. The van der Waals surface area contributed by atoms with E-state index in [9.17, 15) is 0 Å². The number of rotatable bonds is 2. The summed E-state index contributed by atoms with van der Waals surface area (Å²) in [4.78, 5) is 0. The first kappa shape index (κ1) is 10.5. The molecule has 1 heterocycles. The minimum absolute atomic E-state index is 0. The fourth-order valence-corrected chi connectivity index (χ4v) is 3.87. The van der Waals surface area contributed by atoms with Crippen molar-refractivity contribution in [3.05, 3.63) is 0 Å². The van der Waals surface area contributed by atoms with Gasteiger partial charge in [-0.15, -0.1) is 12.4 Å². The first-order chi connectivity index (χ1) is 4.43. The Morgan fingerprint density at radius 1 is 1.40 bits per heavy atom. The predicted molar refractivity (Wildman–Crippen MR) is 49.5 cm³/mol. The Morgan fingerprint density at radius 2 is 2.20 bits per heavy atom. The molecule has 0 saturated carbocycles. The maximum Gasteiger partial charge on any atom is 0.176 e. The minimum atomic E-state index is -0.626. The van der Waals surface area contributed by atoms with Crippen LogP contribution in [0.15, 0.2) is 0 Å². The van der Waals surface area contributed by atoms with Gasteiger partial charge in [0.25, 0.3) is 0 Å². The monoisotopic (exact) mass is 180 g/mol. The van der Waals surface area contributed by atoms with E-state index in [4.69, 9.17) is 4.43 Å². The van der Waals surface area contributed by atoms with Crippen molar-refractivity contribution in [1.82, 2.24) is 0 Å². The van der Waals surface area contributed by atoms with Crippen LogP contribution in [0.3, 0.4) is 0 Å². The molecule has 0 aliphatic carbocycles. The summed E-state index contributed by atoms with van der Waals surface area (Å²) >= 11 is 0. The van der Waals surface area contributed by atoms with Crippen molar-refractivity contribution in [2.75, 3.05) is 6.61 Å². The SMILES string of the molecule is CCC[SiH]1CCCCO1.Cl. The van der Waals surface area contributed by atoms with E-state index in [2.05, 4.69) is 6.92 Å². The van der Waals surface area contributed by atoms with Gasteiger partial charge in [0.15, 0.2) is 9.04 Å². The topological polar surface area (TPSA) is 9.23 Å². The zero-order chi connectivity index (χ0) is 6.53.